The maximum atomic E-state index is 12.6. The first-order chi connectivity index (χ1) is 12.9. The van der Waals surface area contributed by atoms with Crippen LogP contribution in [-0.2, 0) is 0 Å². The van der Waals surface area contributed by atoms with Crippen molar-refractivity contribution in [2.45, 2.75) is 13.8 Å². The van der Waals surface area contributed by atoms with E-state index in [9.17, 15) is 4.79 Å². The number of hydrogen-bond donors (Lipinski definition) is 2. The highest BCUT2D eigenvalue weighted by Crippen LogP contribution is 2.20. The summed E-state index contributed by atoms with van der Waals surface area (Å²) >= 11 is 0. The van der Waals surface area contributed by atoms with Crippen molar-refractivity contribution in [3.63, 3.8) is 0 Å². The number of hydrogen-bond acceptors (Lipinski definition) is 4. The van der Waals surface area contributed by atoms with Gasteiger partial charge in [-0.3, -0.25) is 4.79 Å². The van der Waals surface area contributed by atoms with Crippen molar-refractivity contribution >= 4 is 28.8 Å². The lowest BCUT2D eigenvalue weighted by Crippen LogP contribution is -2.12. The molecule has 1 amide bonds. The van der Waals surface area contributed by atoms with Gasteiger partial charge in [-0.15, -0.1) is 0 Å². The Morgan fingerprint density at radius 3 is 2.19 bits per heavy atom. The average molecular weight is 360 g/mol. The first-order valence-electron chi connectivity index (χ1n) is 8.81. The van der Waals surface area contributed by atoms with Gasteiger partial charge in [0.25, 0.3) is 5.91 Å². The van der Waals surface area contributed by atoms with Crippen LogP contribution in [0.25, 0.3) is 0 Å². The molecule has 0 bridgehead atoms. The van der Waals surface area contributed by atoms with Crippen molar-refractivity contribution in [2.24, 2.45) is 0 Å². The zero-order chi connectivity index (χ0) is 19.4. The van der Waals surface area contributed by atoms with Crippen molar-refractivity contribution in [1.29, 1.82) is 0 Å². The number of amides is 1. The van der Waals surface area contributed by atoms with E-state index in [-0.39, 0.29) is 5.91 Å². The van der Waals surface area contributed by atoms with E-state index in [1.54, 1.807) is 18.3 Å². The lowest BCUT2D eigenvalue weighted by atomic mass is 10.1. The van der Waals surface area contributed by atoms with Gasteiger partial charge in [-0.1, -0.05) is 6.07 Å². The van der Waals surface area contributed by atoms with Gasteiger partial charge in [-0.2, -0.15) is 0 Å². The van der Waals surface area contributed by atoms with Crippen LogP contribution < -0.4 is 15.5 Å². The van der Waals surface area contributed by atoms with E-state index in [0.717, 1.165) is 28.2 Å². The van der Waals surface area contributed by atoms with Gasteiger partial charge in [0.05, 0.1) is 0 Å². The van der Waals surface area contributed by atoms with Gasteiger partial charge in [0.15, 0.2) is 0 Å². The Balaban J connectivity index is 1.73. The van der Waals surface area contributed by atoms with Crippen LogP contribution in [0.1, 0.15) is 21.5 Å². The lowest BCUT2D eigenvalue weighted by molar-refractivity contribution is 0.102. The molecule has 0 atom stereocenters. The Bertz CT molecular complexity index is 929. The SMILES string of the molecule is Cc1cc(C)cc(NC(=O)c2ccnc(Nc3ccc(N(C)C)cc3)c2)c1. The van der Waals surface area contributed by atoms with Crippen LogP contribution in [0.3, 0.4) is 0 Å². The van der Waals surface area contributed by atoms with E-state index >= 15 is 0 Å². The minimum absolute atomic E-state index is 0.159. The summed E-state index contributed by atoms with van der Waals surface area (Å²) < 4.78 is 0. The normalized spacial score (nSPS) is 10.4. The maximum Gasteiger partial charge on any atom is 0.255 e. The zero-order valence-corrected chi connectivity index (χ0v) is 16.1. The number of benzene rings is 2. The van der Waals surface area contributed by atoms with Gasteiger partial charge < -0.3 is 15.5 Å². The molecule has 1 aromatic heterocycles. The van der Waals surface area contributed by atoms with Crippen LogP contribution in [-0.4, -0.2) is 25.0 Å². The van der Waals surface area contributed by atoms with Crippen LogP contribution in [0.2, 0.25) is 0 Å². The number of carbonyl (C=O) groups excluding carboxylic acids is 1. The minimum Gasteiger partial charge on any atom is -0.378 e. The van der Waals surface area contributed by atoms with Gasteiger partial charge in [0, 0.05) is 42.9 Å². The fraction of sp³-hybridized carbons (Fsp3) is 0.182. The molecule has 3 aromatic rings. The quantitative estimate of drug-likeness (QED) is 0.689. The fourth-order valence-electron chi connectivity index (χ4n) is 2.88. The Morgan fingerprint density at radius 2 is 1.56 bits per heavy atom. The molecule has 0 radical (unpaired) electrons. The first kappa shape index (κ1) is 18.5. The number of aryl methyl sites for hydroxylation is 2. The summed E-state index contributed by atoms with van der Waals surface area (Å²) in [4.78, 5) is 18.9. The molecular weight excluding hydrogens is 336 g/mol. The highest BCUT2D eigenvalue weighted by Gasteiger charge is 2.08. The van der Waals surface area contributed by atoms with Gasteiger partial charge in [0.2, 0.25) is 0 Å². The molecule has 0 saturated heterocycles. The highest BCUT2D eigenvalue weighted by atomic mass is 16.1. The van der Waals surface area contributed by atoms with Crippen LogP contribution in [0, 0.1) is 13.8 Å². The smallest absolute Gasteiger partial charge is 0.255 e. The lowest BCUT2D eigenvalue weighted by Gasteiger charge is -2.13. The number of anilines is 4. The molecule has 2 aromatic carbocycles. The monoisotopic (exact) mass is 360 g/mol. The van der Waals surface area contributed by atoms with Crippen LogP contribution in [0.15, 0.2) is 60.8 Å². The Kier molecular flexibility index (Phi) is 5.41. The third-order valence-corrected chi connectivity index (χ3v) is 4.16. The summed E-state index contributed by atoms with van der Waals surface area (Å²) in [6.07, 6.45) is 1.63. The Morgan fingerprint density at radius 1 is 0.889 bits per heavy atom. The number of carbonyl (C=O) groups is 1. The molecule has 0 fully saturated rings. The molecule has 138 valence electrons. The van der Waals surface area contributed by atoms with E-state index in [2.05, 4.69) is 21.7 Å². The molecule has 27 heavy (non-hydrogen) atoms. The van der Waals surface area contributed by atoms with Crippen molar-refractivity contribution in [1.82, 2.24) is 4.98 Å². The molecule has 0 aliphatic carbocycles. The Hall–Kier alpha value is -3.34. The summed E-state index contributed by atoms with van der Waals surface area (Å²) in [7, 11) is 4.00. The van der Waals surface area contributed by atoms with E-state index in [4.69, 9.17) is 0 Å². The summed E-state index contributed by atoms with van der Waals surface area (Å²) in [5.74, 6) is 0.467. The van der Waals surface area contributed by atoms with E-state index in [0.29, 0.717) is 11.4 Å². The van der Waals surface area contributed by atoms with Gasteiger partial charge >= 0.3 is 0 Å². The van der Waals surface area contributed by atoms with Crippen LogP contribution >= 0.6 is 0 Å². The van der Waals surface area contributed by atoms with E-state index in [1.165, 1.54) is 0 Å². The average Bonchev–Trinajstić information content (AvgIpc) is 2.61. The molecule has 2 N–H and O–H groups in total. The van der Waals surface area contributed by atoms with E-state index in [1.807, 2.05) is 69.2 Å². The van der Waals surface area contributed by atoms with Gasteiger partial charge in [-0.05, 0) is 73.5 Å². The summed E-state index contributed by atoms with van der Waals surface area (Å²) in [6.45, 7) is 4.03. The van der Waals surface area contributed by atoms with Crippen molar-refractivity contribution < 1.29 is 4.79 Å². The number of nitrogens with zero attached hydrogens (tertiary/aromatic N) is 2. The molecular formula is C22H24N4O. The van der Waals surface area contributed by atoms with Gasteiger partial charge in [0.1, 0.15) is 5.82 Å². The molecule has 1 heterocycles. The number of aromatic nitrogens is 1. The topological polar surface area (TPSA) is 57.3 Å². The third kappa shape index (κ3) is 4.85. The molecule has 0 aliphatic heterocycles. The minimum atomic E-state index is -0.159. The fourth-order valence-corrected chi connectivity index (χ4v) is 2.88. The second kappa shape index (κ2) is 7.91. The molecule has 5 heteroatoms. The largest absolute Gasteiger partial charge is 0.378 e. The van der Waals surface area contributed by atoms with Crippen molar-refractivity contribution in [3.8, 4) is 0 Å². The standard InChI is InChI=1S/C22H24N4O/c1-15-11-16(2)13-19(12-15)25-22(27)17-9-10-23-21(14-17)24-18-5-7-20(8-6-18)26(3)4/h5-14H,1-4H3,(H,23,24)(H,25,27). The number of pyridine rings is 1. The predicted molar refractivity (Wildman–Crippen MR) is 112 cm³/mol. The summed E-state index contributed by atoms with van der Waals surface area (Å²) in [5, 5.41) is 6.19. The van der Waals surface area contributed by atoms with Crippen molar-refractivity contribution in [3.05, 3.63) is 77.5 Å². The van der Waals surface area contributed by atoms with Gasteiger partial charge in [-0.25, -0.2) is 4.98 Å². The van der Waals surface area contributed by atoms with Crippen molar-refractivity contribution in [2.75, 3.05) is 29.6 Å². The molecule has 3 rings (SSSR count). The number of nitrogens with one attached hydrogen (secondary N) is 2. The molecule has 0 saturated carbocycles. The number of rotatable bonds is 5. The second-order valence-electron chi connectivity index (χ2n) is 6.83. The Labute approximate surface area is 160 Å². The van der Waals surface area contributed by atoms with E-state index < -0.39 is 0 Å². The zero-order valence-electron chi connectivity index (χ0n) is 16.1. The molecule has 0 aliphatic rings. The third-order valence-electron chi connectivity index (χ3n) is 4.16. The summed E-state index contributed by atoms with van der Waals surface area (Å²) in [5.41, 5.74) is 5.61. The highest BCUT2D eigenvalue weighted by molar-refractivity contribution is 6.04. The molecule has 5 nitrogen and oxygen atoms in total. The second-order valence-corrected chi connectivity index (χ2v) is 6.83. The molecule has 0 spiro atoms. The molecule has 0 unspecified atom stereocenters. The van der Waals surface area contributed by atoms with Crippen LogP contribution in [0.5, 0.6) is 0 Å². The first-order valence-corrected chi connectivity index (χ1v) is 8.81. The van der Waals surface area contributed by atoms with Crippen LogP contribution in [0.4, 0.5) is 22.9 Å². The maximum absolute atomic E-state index is 12.6. The predicted octanol–water partition coefficient (Wildman–Crippen LogP) is 4.76. The summed E-state index contributed by atoms with van der Waals surface area (Å²) in [6, 6.07) is 17.5.